The van der Waals surface area contributed by atoms with E-state index in [4.69, 9.17) is 21.1 Å². The molecule has 0 aliphatic carbocycles. The third-order valence-electron chi connectivity index (χ3n) is 5.91. The van der Waals surface area contributed by atoms with E-state index in [1.165, 1.54) is 7.11 Å². The van der Waals surface area contributed by atoms with Gasteiger partial charge in [0.1, 0.15) is 11.5 Å². The number of nitrogens with zero attached hydrogens (tertiary/aromatic N) is 2. The smallest absolute Gasteiger partial charge is 0.253 e. The van der Waals surface area contributed by atoms with Crippen molar-refractivity contribution in [1.29, 1.82) is 0 Å². The van der Waals surface area contributed by atoms with Crippen molar-refractivity contribution in [3.8, 4) is 11.5 Å². The van der Waals surface area contributed by atoms with E-state index in [1.807, 2.05) is 41.3 Å². The van der Waals surface area contributed by atoms with Crippen molar-refractivity contribution in [2.45, 2.75) is 4.90 Å². The molecule has 7 nitrogen and oxygen atoms in total. The SMILES string of the molecule is COc1ccc(N2CCN(C(=O)c3ccc(NCS(=O)c4cc(Cl)ccc4OC)cc3)CC2)cc1. The van der Waals surface area contributed by atoms with Gasteiger partial charge < -0.3 is 24.6 Å². The number of hydrogen-bond donors (Lipinski definition) is 1. The highest BCUT2D eigenvalue weighted by molar-refractivity contribution is 7.85. The minimum Gasteiger partial charge on any atom is -0.497 e. The zero-order valence-corrected chi connectivity index (χ0v) is 21.3. The number of anilines is 2. The maximum atomic E-state index is 13.0. The molecule has 35 heavy (non-hydrogen) atoms. The van der Waals surface area contributed by atoms with Crippen molar-refractivity contribution in [2.24, 2.45) is 0 Å². The molecule has 1 unspecified atom stereocenters. The second-order valence-electron chi connectivity index (χ2n) is 8.02. The minimum atomic E-state index is -1.35. The number of carbonyl (C=O) groups excluding carboxylic acids is 1. The number of hydrogen-bond acceptors (Lipinski definition) is 6. The van der Waals surface area contributed by atoms with Gasteiger partial charge in [-0.1, -0.05) is 11.6 Å². The van der Waals surface area contributed by atoms with Gasteiger partial charge in [-0.2, -0.15) is 0 Å². The molecule has 0 spiro atoms. The highest BCUT2D eigenvalue weighted by atomic mass is 35.5. The van der Waals surface area contributed by atoms with Crippen LogP contribution in [-0.2, 0) is 10.8 Å². The molecule has 1 fully saturated rings. The van der Waals surface area contributed by atoms with Crippen LogP contribution in [0.25, 0.3) is 0 Å². The first-order chi connectivity index (χ1) is 17.0. The van der Waals surface area contributed by atoms with Crippen LogP contribution >= 0.6 is 11.6 Å². The van der Waals surface area contributed by atoms with Crippen molar-refractivity contribution in [3.63, 3.8) is 0 Å². The molecule has 4 rings (SSSR count). The molecule has 1 amide bonds. The lowest BCUT2D eigenvalue weighted by Crippen LogP contribution is -2.48. The molecule has 9 heteroatoms. The van der Waals surface area contributed by atoms with Crippen LogP contribution in [0.3, 0.4) is 0 Å². The van der Waals surface area contributed by atoms with Crippen LogP contribution in [0, 0.1) is 0 Å². The predicted molar refractivity (Wildman–Crippen MR) is 140 cm³/mol. The standard InChI is InChI=1S/C26H28ClN3O4S/c1-33-23-10-8-22(9-11-23)29-13-15-30(16-14-29)26(31)19-3-6-21(7-4-19)28-18-35(32)25-17-20(27)5-12-24(25)34-2/h3-12,17,28H,13-16,18H2,1-2H3. The van der Waals surface area contributed by atoms with Crippen molar-refractivity contribution < 1.29 is 18.5 Å². The summed E-state index contributed by atoms with van der Waals surface area (Å²) in [6.45, 7) is 2.86. The Morgan fingerprint density at radius 1 is 0.943 bits per heavy atom. The summed E-state index contributed by atoms with van der Waals surface area (Å²) in [6, 6.07) is 20.3. The fourth-order valence-corrected chi connectivity index (χ4v) is 5.25. The van der Waals surface area contributed by atoms with Crippen molar-refractivity contribution in [3.05, 3.63) is 77.3 Å². The first-order valence-corrected chi connectivity index (χ1v) is 12.9. The summed E-state index contributed by atoms with van der Waals surface area (Å²) < 4.78 is 23.2. The van der Waals surface area contributed by atoms with Gasteiger partial charge >= 0.3 is 0 Å². The normalized spacial score (nSPS) is 14.4. The number of amides is 1. The Balaban J connectivity index is 1.30. The number of nitrogens with one attached hydrogen (secondary N) is 1. The van der Waals surface area contributed by atoms with Gasteiger partial charge in [-0.15, -0.1) is 0 Å². The lowest BCUT2D eigenvalue weighted by Gasteiger charge is -2.36. The number of benzene rings is 3. The lowest BCUT2D eigenvalue weighted by molar-refractivity contribution is 0.0747. The van der Waals surface area contributed by atoms with Gasteiger partial charge in [0, 0.05) is 48.1 Å². The van der Waals surface area contributed by atoms with Crippen LogP contribution in [0.2, 0.25) is 5.02 Å². The van der Waals surface area contributed by atoms with Crippen LogP contribution in [0.4, 0.5) is 11.4 Å². The average molecular weight is 514 g/mol. The second kappa shape index (κ2) is 11.5. The molecule has 0 aromatic heterocycles. The predicted octanol–water partition coefficient (Wildman–Crippen LogP) is 4.50. The summed E-state index contributed by atoms with van der Waals surface area (Å²) in [5.41, 5.74) is 2.53. The molecule has 184 valence electrons. The maximum absolute atomic E-state index is 13.0. The Hall–Kier alpha value is -3.23. The van der Waals surface area contributed by atoms with Gasteiger partial charge in [0.05, 0.1) is 35.8 Å². The summed E-state index contributed by atoms with van der Waals surface area (Å²) in [5.74, 6) is 1.56. The quantitative estimate of drug-likeness (QED) is 0.478. The van der Waals surface area contributed by atoms with Crippen LogP contribution < -0.4 is 19.7 Å². The Kier molecular flexibility index (Phi) is 8.15. The molecule has 3 aromatic carbocycles. The van der Waals surface area contributed by atoms with E-state index in [-0.39, 0.29) is 11.8 Å². The third kappa shape index (κ3) is 6.07. The monoisotopic (exact) mass is 513 g/mol. The summed E-state index contributed by atoms with van der Waals surface area (Å²) in [7, 11) is 1.84. The molecule has 1 aliphatic rings. The molecule has 1 atom stereocenters. The lowest BCUT2D eigenvalue weighted by atomic mass is 10.1. The topological polar surface area (TPSA) is 71.1 Å². The average Bonchev–Trinajstić information content (AvgIpc) is 2.91. The van der Waals surface area contributed by atoms with E-state index >= 15 is 0 Å². The molecule has 1 N–H and O–H groups in total. The Morgan fingerprint density at radius 3 is 2.26 bits per heavy atom. The summed E-state index contributed by atoms with van der Waals surface area (Å²) in [6.07, 6.45) is 0. The Bertz CT molecular complexity index is 1180. The first-order valence-electron chi connectivity index (χ1n) is 11.2. The largest absolute Gasteiger partial charge is 0.497 e. The zero-order valence-electron chi connectivity index (χ0n) is 19.7. The number of rotatable bonds is 8. The van der Waals surface area contributed by atoms with E-state index in [1.54, 1.807) is 37.4 Å². The van der Waals surface area contributed by atoms with Gasteiger partial charge in [0.2, 0.25) is 0 Å². The fourth-order valence-electron chi connectivity index (χ4n) is 3.93. The second-order valence-corrected chi connectivity index (χ2v) is 9.87. The summed E-state index contributed by atoms with van der Waals surface area (Å²) >= 11 is 6.04. The Morgan fingerprint density at radius 2 is 1.63 bits per heavy atom. The molecule has 0 radical (unpaired) electrons. The fraction of sp³-hybridized carbons (Fsp3) is 0.269. The first kappa shape index (κ1) is 24.9. The molecule has 1 aliphatic heterocycles. The molecule has 0 saturated carbocycles. The van der Waals surface area contributed by atoms with Crippen LogP contribution in [0.1, 0.15) is 10.4 Å². The molecular formula is C26H28ClN3O4S. The number of carbonyl (C=O) groups is 1. The van der Waals surface area contributed by atoms with Gasteiger partial charge in [-0.05, 0) is 66.7 Å². The van der Waals surface area contributed by atoms with Crippen molar-refractivity contribution in [2.75, 3.05) is 56.5 Å². The summed E-state index contributed by atoms with van der Waals surface area (Å²) in [5, 5.41) is 3.65. The molecule has 1 heterocycles. The zero-order chi connectivity index (χ0) is 24.8. The number of methoxy groups -OCH3 is 2. The minimum absolute atomic E-state index is 0.0122. The van der Waals surface area contributed by atoms with Crippen LogP contribution in [0.15, 0.2) is 71.6 Å². The summed E-state index contributed by atoms with van der Waals surface area (Å²) in [4.78, 5) is 17.7. The van der Waals surface area contributed by atoms with E-state index < -0.39 is 10.8 Å². The Labute approximate surface area is 213 Å². The van der Waals surface area contributed by atoms with Crippen LogP contribution in [-0.4, -0.2) is 61.3 Å². The molecule has 3 aromatic rings. The van der Waals surface area contributed by atoms with Gasteiger partial charge in [0.15, 0.2) is 0 Å². The van der Waals surface area contributed by atoms with Crippen molar-refractivity contribution >= 4 is 39.7 Å². The van der Waals surface area contributed by atoms with E-state index in [2.05, 4.69) is 10.2 Å². The number of piperazine rings is 1. The highest BCUT2D eigenvalue weighted by Crippen LogP contribution is 2.26. The van der Waals surface area contributed by atoms with Gasteiger partial charge in [-0.25, -0.2) is 0 Å². The van der Waals surface area contributed by atoms with Gasteiger partial charge in [-0.3, -0.25) is 9.00 Å². The highest BCUT2D eigenvalue weighted by Gasteiger charge is 2.22. The maximum Gasteiger partial charge on any atom is 0.253 e. The van der Waals surface area contributed by atoms with Crippen molar-refractivity contribution in [1.82, 2.24) is 4.90 Å². The number of ether oxygens (including phenoxy) is 2. The third-order valence-corrected chi connectivity index (χ3v) is 7.37. The molecule has 1 saturated heterocycles. The van der Waals surface area contributed by atoms with E-state index in [0.29, 0.717) is 34.3 Å². The van der Waals surface area contributed by atoms with E-state index in [0.717, 1.165) is 30.2 Å². The van der Waals surface area contributed by atoms with E-state index in [9.17, 15) is 9.00 Å². The van der Waals surface area contributed by atoms with Gasteiger partial charge in [0.25, 0.3) is 5.91 Å². The molecular weight excluding hydrogens is 486 g/mol. The van der Waals surface area contributed by atoms with Crippen LogP contribution in [0.5, 0.6) is 11.5 Å². The number of halogens is 1. The molecule has 0 bridgehead atoms.